The van der Waals surface area contributed by atoms with Crippen molar-refractivity contribution in [1.29, 1.82) is 0 Å². The van der Waals surface area contributed by atoms with Gasteiger partial charge in [0.15, 0.2) is 0 Å². The predicted molar refractivity (Wildman–Crippen MR) is 65.5 cm³/mol. The summed E-state index contributed by atoms with van der Waals surface area (Å²) in [6.07, 6.45) is 3.42. The van der Waals surface area contributed by atoms with Crippen molar-refractivity contribution in [2.45, 2.75) is 12.5 Å². The summed E-state index contributed by atoms with van der Waals surface area (Å²) >= 11 is 5.74. The van der Waals surface area contributed by atoms with E-state index in [9.17, 15) is 4.79 Å². The highest BCUT2D eigenvalue weighted by atomic mass is 35.5. The quantitative estimate of drug-likeness (QED) is 0.858. The zero-order chi connectivity index (χ0) is 11.4. The van der Waals surface area contributed by atoms with Crippen LogP contribution in [0.25, 0.3) is 0 Å². The average Bonchev–Trinajstić information content (AvgIpc) is 2.74. The highest BCUT2D eigenvalue weighted by Gasteiger charge is 2.12. The van der Waals surface area contributed by atoms with Crippen LogP contribution in [0, 0.1) is 0 Å². The van der Waals surface area contributed by atoms with Crippen molar-refractivity contribution in [1.82, 2.24) is 0 Å². The van der Waals surface area contributed by atoms with Gasteiger partial charge in [0.2, 0.25) is 5.91 Å². The molecule has 1 amide bonds. The molecule has 2 rings (SSSR count). The molecule has 1 atom stereocenters. The molecule has 0 saturated heterocycles. The van der Waals surface area contributed by atoms with Gasteiger partial charge in [-0.2, -0.15) is 0 Å². The molecule has 16 heavy (non-hydrogen) atoms. The van der Waals surface area contributed by atoms with Crippen LogP contribution < -0.4 is 5.32 Å². The Morgan fingerprint density at radius 1 is 1.38 bits per heavy atom. The molecule has 1 aromatic carbocycles. The summed E-state index contributed by atoms with van der Waals surface area (Å²) in [5.74, 6) is -0.0853. The maximum Gasteiger partial charge on any atom is 0.226 e. The Labute approximate surface area is 98.1 Å². The van der Waals surface area contributed by atoms with Crippen LogP contribution >= 0.6 is 11.6 Å². The third-order valence-electron chi connectivity index (χ3n) is 2.11. The lowest BCUT2D eigenvalue weighted by atomic mass is 10.2. The Morgan fingerprint density at radius 3 is 2.75 bits per heavy atom. The normalized spacial score (nSPS) is 17.7. The van der Waals surface area contributed by atoms with Crippen LogP contribution in [0.4, 0.5) is 5.69 Å². The first-order valence-corrected chi connectivity index (χ1v) is 5.22. The van der Waals surface area contributed by atoms with Crippen LogP contribution in [0.3, 0.4) is 0 Å². The number of nitrogens with one attached hydrogen (secondary N) is 1. The number of carbonyl (C=O) groups is 1. The van der Waals surface area contributed by atoms with E-state index in [1.165, 1.54) is 6.34 Å². The maximum atomic E-state index is 11.6. The van der Waals surface area contributed by atoms with Crippen LogP contribution in [0.15, 0.2) is 34.3 Å². The molecule has 82 valence electrons. The largest absolute Gasteiger partial charge is 0.326 e. The van der Waals surface area contributed by atoms with E-state index in [0.29, 0.717) is 11.4 Å². The van der Waals surface area contributed by atoms with Gasteiger partial charge in [-0.1, -0.05) is 11.6 Å². The van der Waals surface area contributed by atoms with Gasteiger partial charge in [-0.25, -0.2) is 4.99 Å². The molecule has 4 nitrogen and oxygen atoms in total. The van der Waals surface area contributed by atoms with Crippen LogP contribution in [0.5, 0.6) is 0 Å². The van der Waals surface area contributed by atoms with Gasteiger partial charge >= 0.3 is 0 Å². The second kappa shape index (κ2) is 4.90. The molecule has 0 aromatic heterocycles. The van der Waals surface area contributed by atoms with Gasteiger partial charge in [-0.15, -0.1) is 0 Å². The predicted octanol–water partition coefficient (Wildman–Crippen LogP) is 2.15. The molecular weight excluding hydrogens is 226 g/mol. The van der Waals surface area contributed by atoms with Crippen LogP contribution in [-0.2, 0) is 4.79 Å². The van der Waals surface area contributed by atoms with Gasteiger partial charge in [0.05, 0.1) is 12.5 Å². The van der Waals surface area contributed by atoms with Crippen LogP contribution in [-0.4, -0.2) is 24.5 Å². The highest BCUT2D eigenvalue weighted by Crippen LogP contribution is 2.14. The van der Waals surface area contributed by atoms with Crippen molar-refractivity contribution in [2.24, 2.45) is 9.98 Å². The Kier molecular flexibility index (Phi) is 3.31. The number of hydrogen-bond donors (Lipinski definition) is 1. The molecule has 1 heterocycles. The fraction of sp³-hybridized carbons (Fsp3) is 0.182. The molecule has 1 aliphatic rings. The highest BCUT2D eigenvalue weighted by molar-refractivity contribution is 6.30. The van der Waals surface area contributed by atoms with Crippen molar-refractivity contribution >= 4 is 35.7 Å². The number of benzene rings is 1. The van der Waals surface area contributed by atoms with E-state index in [-0.39, 0.29) is 11.9 Å². The van der Waals surface area contributed by atoms with Gasteiger partial charge in [-0.05, 0) is 24.3 Å². The summed E-state index contributed by atoms with van der Waals surface area (Å²) in [4.78, 5) is 19.4. The summed E-state index contributed by atoms with van der Waals surface area (Å²) in [6.45, 7) is 0. The zero-order valence-corrected chi connectivity index (χ0v) is 9.19. The molecule has 5 heteroatoms. The van der Waals surface area contributed by atoms with Crippen LogP contribution in [0.2, 0.25) is 5.02 Å². The minimum Gasteiger partial charge on any atom is -0.326 e. The average molecular weight is 236 g/mol. The van der Waals surface area contributed by atoms with Gasteiger partial charge in [-0.3, -0.25) is 9.79 Å². The topological polar surface area (TPSA) is 53.8 Å². The Balaban J connectivity index is 1.89. The molecule has 0 radical (unpaired) electrons. The number of rotatable bonds is 3. The number of aliphatic imine (C=N–C) groups is 2. The minimum atomic E-state index is -0.132. The van der Waals surface area contributed by atoms with E-state index >= 15 is 0 Å². The van der Waals surface area contributed by atoms with E-state index in [0.717, 1.165) is 5.69 Å². The summed E-state index contributed by atoms with van der Waals surface area (Å²) in [6, 6.07) is 6.84. The number of halogens is 1. The van der Waals surface area contributed by atoms with Gasteiger partial charge in [0.25, 0.3) is 0 Å². The minimum absolute atomic E-state index is 0.0853. The lowest BCUT2D eigenvalue weighted by Crippen LogP contribution is -2.18. The Bertz CT molecular complexity index is 427. The number of amides is 1. The number of nitrogens with zero attached hydrogens (tertiary/aromatic N) is 2. The molecular formula is C11H10ClN3O. The second-order valence-electron chi connectivity index (χ2n) is 3.39. The summed E-state index contributed by atoms with van der Waals surface area (Å²) in [5, 5.41) is 3.41. The van der Waals surface area contributed by atoms with E-state index in [1.54, 1.807) is 30.5 Å². The first-order chi connectivity index (χ1) is 7.74. The molecule has 1 aromatic rings. The molecule has 1 aliphatic heterocycles. The molecule has 0 saturated carbocycles. The first-order valence-electron chi connectivity index (χ1n) is 4.84. The Morgan fingerprint density at radius 2 is 2.12 bits per heavy atom. The fourth-order valence-electron chi connectivity index (χ4n) is 1.34. The number of hydrogen-bond acceptors (Lipinski definition) is 3. The smallest absolute Gasteiger partial charge is 0.226 e. The van der Waals surface area contributed by atoms with Crippen molar-refractivity contribution in [3.05, 3.63) is 29.3 Å². The first kappa shape index (κ1) is 10.8. The van der Waals surface area contributed by atoms with Crippen molar-refractivity contribution in [2.75, 3.05) is 5.32 Å². The Hall–Kier alpha value is -1.68. The van der Waals surface area contributed by atoms with E-state index in [2.05, 4.69) is 15.3 Å². The van der Waals surface area contributed by atoms with Gasteiger partial charge in [0, 0.05) is 16.9 Å². The fourth-order valence-corrected chi connectivity index (χ4v) is 1.47. The van der Waals surface area contributed by atoms with Crippen molar-refractivity contribution in [3.63, 3.8) is 0 Å². The molecule has 0 bridgehead atoms. The third-order valence-corrected chi connectivity index (χ3v) is 2.36. The summed E-state index contributed by atoms with van der Waals surface area (Å²) in [7, 11) is 0. The number of carbonyl (C=O) groups excluding carboxylic acids is 1. The van der Waals surface area contributed by atoms with E-state index < -0.39 is 0 Å². The third kappa shape index (κ3) is 2.90. The monoisotopic (exact) mass is 235 g/mol. The zero-order valence-electron chi connectivity index (χ0n) is 8.43. The van der Waals surface area contributed by atoms with Gasteiger partial charge < -0.3 is 5.32 Å². The second-order valence-corrected chi connectivity index (χ2v) is 3.83. The van der Waals surface area contributed by atoms with Crippen LogP contribution in [0.1, 0.15) is 6.42 Å². The molecule has 0 fully saturated rings. The van der Waals surface area contributed by atoms with E-state index in [4.69, 9.17) is 11.6 Å². The lowest BCUT2D eigenvalue weighted by molar-refractivity contribution is -0.116. The molecule has 1 unspecified atom stereocenters. The summed E-state index contributed by atoms with van der Waals surface area (Å²) in [5.41, 5.74) is 0.730. The van der Waals surface area contributed by atoms with Crippen molar-refractivity contribution in [3.8, 4) is 0 Å². The van der Waals surface area contributed by atoms with Crippen molar-refractivity contribution < 1.29 is 4.79 Å². The van der Waals surface area contributed by atoms with Gasteiger partial charge in [0.1, 0.15) is 6.34 Å². The maximum absolute atomic E-state index is 11.6. The molecule has 1 N–H and O–H groups in total. The number of anilines is 1. The standard InChI is InChI=1S/C11H10ClN3O/c12-8-1-3-9(4-2-8)15-11(16)5-10-6-13-7-14-10/h1-4,6-7,10H,5H2,(H,15,16). The molecule has 0 spiro atoms. The lowest BCUT2D eigenvalue weighted by Gasteiger charge is -2.06. The molecule has 0 aliphatic carbocycles. The summed E-state index contributed by atoms with van der Waals surface area (Å²) < 4.78 is 0. The SMILES string of the molecule is O=C(CC1C=NC=N1)Nc1ccc(Cl)cc1. The van der Waals surface area contributed by atoms with E-state index in [1.807, 2.05) is 0 Å².